The number of aromatic nitrogens is 2. The van der Waals surface area contributed by atoms with E-state index < -0.39 is 0 Å². The molecule has 0 spiro atoms. The summed E-state index contributed by atoms with van der Waals surface area (Å²) in [5.41, 5.74) is 2.67. The molecule has 0 atom stereocenters. The Balaban J connectivity index is 2.08. The number of thiophene rings is 1. The molecule has 0 radical (unpaired) electrons. The third-order valence-corrected chi connectivity index (χ3v) is 3.81. The Hall–Kier alpha value is -1.20. The van der Waals surface area contributed by atoms with Gasteiger partial charge in [0.1, 0.15) is 10.7 Å². The fourth-order valence-electron chi connectivity index (χ4n) is 1.87. The van der Waals surface area contributed by atoms with E-state index in [1.54, 1.807) is 11.3 Å². The van der Waals surface area contributed by atoms with Gasteiger partial charge >= 0.3 is 0 Å². The molecule has 3 N–H and O–H groups in total. The minimum Gasteiger partial charge on any atom is -0.308 e. The lowest BCUT2D eigenvalue weighted by Crippen LogP contribution is -2.11. The molecule has 1 saturated carbocycles. The Morgan fingerprint density at radius 3 is 3.00 bits per heavy atom. The van der Waals surface area contributed by atoms with Gasteiger partial charge in [-0.1, -0.05) is 0 Å². The molecule has 1 aliphatic rings. The van der Waals surface area contributed by atoms with Gasteiger partial charge in [-0.3, -0.25) is 0 Å². The molecule has 1 fully saturated rings. The van der Waals surface area contributed by atoms with Gasteiger partial charge in [0.2, 0.25) is 0 Å². The number of nitrogens with zero attached hydrogens (tertiary/aromatic N) is 2. The zero-order valence-corrected chi connectivity index (χ0v) is 9.97. The van der Waals surface area contributed by atoms with Crippen LogP contribution in [0.1, 0.15) is 23.5 Å². The van der Waals surface area contributed by atoms with E-state index >= 15 is 0 Å². The Morgan fingerprint density at radius 2 is 2.31 bits per heavy atom. The molecule has 5 heteroatoms. The molecule has 2 aromatic heterocycles. The van der Waals surface area contributed by atoms with Crippen LogP contribution in [-0.2, 0) is 6.42 Å². The summed E-state index contributed by atoms with van der Waals surface area (Å²) in [7, 11) is 0. The van der Waals surface area contributed by atoms with E-state index in [0.717, 1.165) is 34.2 Å². The number of aryl methyl sites for hydroxylation is 1. The standard InChI is InChI=1S/C11H14N4S/c1-6-4-8-10(15-12)13-9(5-7-2-3-7)14-11(8)16-6/h4,7H,2-3,5,12H2,1H3,(H,13,14,15). The average Bonchev–Trinajstić information content (AvgIpc) is 2.97. The van der Waals surface area contributed by atoms with Crippen molar-refractivity contribution >= 4 is 27.4 Å². The molecule has 3 rings (SSSR count). The molecular formula is C11H14N4S. The van der Waals surface area contributed by atoms with Crippen LogP contribution in [0.4, 0.5) is 5.82 Å². The van der Waals surface area contributed by atoms with Gasteiger partial charge in [-0.2, -0.15) is 0 Å². The van der Waals surface area contributed by atoms with Gasteiger partial charge in [0.05, 0.1) is 5.39 Å². The fraction of sp³-hybridized carbons (Fsp3) is 0.455. The number of nitrogens with two attached hydrogens (primary N) is 1. The first-order chi connectivity index (χ1) is 7.76. The van der Waals surface area contributed by atoms with Crippen molar-refractivity contribution in [2.24, 2.45) is 11.8 Å². The molecule has 0 aromatic carbocycles. The van der Waals surface area contributed by atoms with Crippen molar-refractivity contribution in [2.75, 3.05) is 5.43 Å². The quantitative estimate of drug-likeness (QED) is 0.631. The first kappa shape index (κ1) is 9.99. The summed E-state index contributed by atoms with van der Waals surface area (Å²) in [6.07, 6.45) is 3.62. The Labute approximate surface area is 97.9 Å². The normalized spacial score (nSPS) is 15.6. The maximum atomic E-state index is 5.50. The molecule has 0 bridgehead atoms. The third-order valence-electron chi connectivity index (χ3n) is 2.87. The first-order valence-electron chi connectivity index (χ1n) is 5.50. The molecule has 0 unspecified atom stereocenters. The number of hydrogen-bond donors (Lipinski definition) is 2. The monoisotopic (exact) mass is 234 g/mol. The summed E-state index contributed by atoms with van der Waals surface area (Å²) >= 11 is 1.70. The minimum atomic E-state index is 0.755. The number of fused-ring (bicyclic) bond motifs is 1. The van der Waals surface area contributed by atoms with Crippen LogP contribution < -0.4 is 11.3 Å². The molecule has 2 heterocycles. The summed E-state index contributed by atoms with van der Waals surface area (Å²) in [5, 5.41) is 1.03. The number of rotatable bonds is 3. The largest absolute Gasteiger partial charge is 0.308 e. The van der Waals surface area contributed by atoms with Crippen molar-refractivity contribution in [3.8, 4) is 0 Å². The second-order valence-corrected chi connectivity index (χ2v) is 5.59. The zero-order valence-electron chi connectivity index (χ0n) is 9.16. The topological polar surface area (TPSA) is 63.8 Å². The maximum Gasteiger partial charge on any atom is 0.152 e. The lowest BCUT2D eigenvalue weighted by Gasteiger charge is -2.04. The number of hydrogen-bond acceptors (Lipinski definition) is 5. The van der Waals surface area contributed by atoms with E-state index in [2.05, 4.69) is 28.4 Å². The predicted molar refractivity (Wildman–Crippen MR) is 66.4 cm³/mol. The third kappa shape index (κ3) is 1.76. The Morgan fingerprint density at radius 1 is 1.50 bits per heavy atom. The summed E-state index contributed by atoms with van der Waals surface area (Å²) < 4.78 is 0. The van der Waals surface area contributed by atoms with Gasteiger partial charge in [-0.25, -0.2) is 15.8 Å². The first-order valence-corrected chi connectivity index (χ1v) is 6.31. The SMILES string of the molecule is Cc1cc2c(NN)nc(CC3CC3)nc2s1. The van der Waals surface area contributed by atoms with Crippen LogP contribution in [0.2, 0.25) is 0 Å². The highest BCUT2D eigenvalue weighted by Crippen LogP contribution is 2.33. The van der Waals surface area contributed by atoms with Crippen molar-refractivity contribution in [3.63, 3.8) is 0 Å². The van der Waals surface area contributed by atoms with Crippen LogP contribution in [0.5, 0.6) is 0 Å². The molecule has 0 saturated heterocycles. The molecule has 16 heavy (non-hydrogen) atoms. The van der Waals surface area contributed by atoms with E-state index in [0.29, 0.717) is 0 Å². The zero-order chi connectivity index (χ0) is 11.1. The van der Waals surface area contributed by atoms with Gasteiger partial charge < -0.3 is 5.43 Å². The van der Waals surface area contributed by atoms with E-state index in [9.17, 15) is 0 Å². The maximum absolute atomic E-state index is 5.50. The van der Waals surface area contributed by atoms with Gasteiger partial charge in [-0.05, 0) is 31.7 Å². The smallest absolute Gasteiger partial charge is 0.152 e. The van der Waals surface area contributed by atoms with Crippen LogP contribution in [0.3, 0.4) is 0 Å². The number of nitrogens with one attached hydrogen (secondary N) is 1. The molecular weight excluding hydrogens is 220 g/mol. The van der Waals surface area contributed by atoms with Gasteiger partial charge in [-0.15, -0.1) is 11.3 Å². The average molecular weight is 234 g/mol. The molecule has 4 nitrogen and oxygen atoms in total. The molecule has 0 aliphatic heterocycles. The van der Waals surface area contributed by atoms with Crippen molar-refractivity contribution in [3.05, 3.63) is 16.8 Å². The fourth-order valence-corrected chi connectivity index (χ4v) is 2.77. The van der Waals surface area contributed by atoms with Crippen molar-refractivity contribution in [1.29, 1.82) is 0 Å². The van der Waals surface area contributed by atoms with Crippen LogP contribution >= 0.6 is 11.3 Å². The lowest BCUT2D eigenvalue weighted by molar-refractivity contribution is 0.777. The molecule has 84 valence electrons. The predicted octanol–water partition coefficient (Wildman–Crippen LogP) is 2.24. The molecule has 2 aromatic rings. The highest BCUT2D eigenvalue weighted by molar-refractivity contribution is 7.18. The van der Waals surface area contributed by atoms with Crippen LogP contribution in [0.25, 0.3) is 10.2 Å². The van der Waals surface area contributed by atoms with Crippen LogP contribution in [0, 0.1) is 12.8 Å². The molecule has 0 amide bonds. The number of nitrogen functional groups attached to an aromatic ring is 1. The summed E-state index contributed by atoms with van der Waals surface area (Å²) in [6, 6.07) is 2.08. The summed E-state index contributed by atoms with van der Waals surface area (Å²) in [4.78, 5) is 11.3. The highest BCUT2D eigenvalue weighted by Gasteiger charge is 2.23. The van der Waals surface area contributed by atoms with Crippen LogP contribution in [-0.4, -0.2) is 9.97 Å². The number of hydrazine groups is 1. The summed E-state index contributed by atoms with van der Waals surface area (Å²) in [5.74, 6) is 7.98. The van der Waals surface area contributed by atoms with Crippen LogP contribution in [0.15, 0.2) is 6.07 Å². The van der Waals surface area contributed by atoms with Gasteiger partial charge in [0.25, 0.3) is 0 Å². The van der Waals surface area contributed by atoms with Crippen molar-refractivity contribution in [1.82, 2.24) is 9.97 Å². The van der Waals surface area contributed by atoms with E-state index in [4.69, 9.17) is 5.84 Å². The summed E-state index contributed by atoms with van der Waals surface area (Å²) in [6.45, 7) is 2.08. The van der Waals surface area contributed by atoms with E-state index in [-0.39, 0.29) is 0 Å². The Bertz CT molecular complexity index is 530. The Kier molecular flexibility index (Phi) is 2.29. The van der Waals surface area contributed by atoms with E-state index in [1.807, 2.05) is 0 Å². The van der Waals surface area contributed by atoms with Gasteiger partial charge in [0, 0.05) is 11.3 Å². The second kappa shape index (κ2) is 3.68. The minimum absolute atomic E-state index is 0.755. The lowest BCUT2D eigenvalue weighted by atomic mass is 10.2. The highest BCUT2D eigenvalue weighted by atomic mass is 32.1. The second-order valence-electron chi connectivity index (χ2n) is 4.36. The van der Waals surface area contributed by atoms with Gasteiger partial charge in [0.15, 0.2) is 5.82 Å². The number of anilines is 1. The van der Waals surface area contributed by atoms with Crippen molar-refractivity contribution in [2.45, 2.75) is 26.2 Å². The van der Waals surface area contributed by atoms with Crippen molar-refractivity contribution < 1.29 is 0 Å². The molecule has 1 aliphatic carbocycles. The van der Waals surface area contributed by atoms with E-state index in [1.165, 1.54) is 17.7 Å².